The predicted octanol–water partition coefficient (Wildman–Crippen LogP) is 0.750. The van der Waals surface area contributed by atoms with E-state index in [0.29, 0.717) is 12.5 Å². The molecule has 0 saturated heterocycles. The Morgan fingerprint density at radius 1 is 1.13 bits per heavy atom. The summed E-state index contributed by atoms with van der Waals surface area (Å²) in [6.07, 6.45) is 0. The summed E-state index contributed by atoms with van der Waals surface area (Å²) in [7, 11) is 0. The zero-order valence-electron chi connectivity index (χ0n) is 9.43. The van der Waals surface area contributed by atoms with E-state index < -0.39 is 17.9 Å². The molecule has 1 unspecified atom stereocenters. The summed E-state index contributed by atoms with van der Waals surface area (Å²) in [6.45, 7) is 6.30. The van der Waals surface area contributed by atoms with Gasteiger partial charge in [0.1, 0.15) is 0 Å². The first kappa shape index (κ1) is 13.9. The molecule has 5 nitrogen and oxygen atoms in total. The second kappa shape index (κ2) is 6.40. The van der Waals surface area contributed by atoms with Gasteiger partial charge in [-0.15, -0.1) is 0 Å². The monoisotopic (exact) mass is 217 g/mol. The van der Waals surface area contributed by atoms with Crippen LogP contribution in [0.1, 0.15) is 20.8 Å². The van der Waals surface area contributed by atoms with Crippen LogP contribution in [0.15, 0.2) is 0 Å². The third-order valence-electron chi connectivity index (χ3n) is 1.94. The topological polar surface area (TPSA) is 77.8 Å². The number of hydrogen-bond acceptors (Lipinski definition) is 3. The summed E-state index contributed by atoms with van der Waals surface area (Å²) in [5.41, 5.74) is 0. The number of carboxylic acid groups (broad SMARTS) is 2. The summed E-state index contributed by atoms with van der Waals surface area (Å²) < 4.78 is 0. The third kappa shape index (κ3) is 6.90. The summed E-state index contributed by atoms with van der Waals surface area (Å²) >= 11 is 0. The molecule has 0 bridgehead atoms. The molecule has 15 heavy (non-hydrogen) atoms. The molecule has 2 N–H and O–H groups in total. The van der Waals surface area contributed by atoms with Gasteiger partial charge in [0.05, 0.1) is 12.5 Å². The molecule has 0 aliphatic heterocycles. The molecule has 88 valence electrons. The Bertz CT molecular complexity index is 227. The van der Waals surface area contributed by atoms with Crippen molar-refractivity contribution in [1.82, 2.24) is 4.90 Å². The summed E-state index contributed by atoms with van der Waals surface area (Å²) in [6, 6.07) is 0. The van der Waals surface area contributed by atoms with Crippen molar-refractivity contribution >= 4 is 11.9 Å². The second-order valence-corrected chi connectivity index (χ2v) is 4.22. The van der Waals surface area contributed by atoms with Crippen molar-refractivity contribution in [2.24, 2.45) is 11.8 Å². The maximum absolute atomic E-state index is 10.6. The molecule has 0 heterocycles. The molecule has 0 aromatic heterocycles. The first-order valence-corrected chi connectivity index (χ1v) is 4.99. The van der Waals surface area contributed by atoms with Crippen molar-refractivity contribution in [1.29, 1.82) is 0 Å². The molecular formula is C10H19NO4. The largest absolute Gasteiger partial charge is 0.481 e. The molecular weight excluding hydrogens is 198 g/mol. The number of carboxylic acids is 2. The zero-order chi connectivity index (χ0) is 12.0. The Hall–Kier alpha value is -1.10. The summed E-state index contributed by atoms with van der Waals surface area (Å²) in [4.78, 5) is 22.8. The summed E-state index contributed by atoms with van der Waals surface area (Å²) in [5.74, 6) is -2.03. The van der Waals surface area contributed by atoms with Gasteiger partial charge in [0, 0.05) is 13.1 Å². The van der Waals surface area contributed by atoms with Gasteiger partial charge in [0.15, 0.2) is 0 Å². The van der Waals surface area contributed by atoms with E-state index in [-0.39, 0.29) is 13.1 Å². The fourth-order valence-electron chi connectivity index (χ4n) is 1.38. The number of aliphatic carboxylic acids is 2. The van der Waals surface area contributed by atoms with Crippen molar-refractivity contribution in [2.75, 3.05) is 19.6 Å². The Labute approximate surface area is 89.7 Å². The first-order chi connectivity index (χ1) is 6.82. The van der Waals surface area contributed by atoms with E-state index >= 15 is 0 Å². The lowest BCUT2D eigenvalue weighted by Gasteiger charge is -2.23. The van der Waals surface area contributed by atoms with E-state index in [1.807, 2.05) is 13.8 Å². The van der Waals surface area contributed by atoms with E-state index in [0.717, 1.165) is 0 Å². The van der Waals surface area contributed by atoms with Crippen LogP contribution in [0.4, 0.5) is 0 Å². The van der Waals surface area contributed by atoms with Crippen LogP contribution in [0, 0.1) is 11.8 Å². The molecule has 0 amide bonds. The number of hydrogen-bond donors (Lipinski definition) is 2. The lowest BCUT2D eigenvalue weighted by Crippen LogP contribution is -2.38. The highest BCUT2D eigenvalue weighted by Crippen LogP contribution is 2.04. The summed E-state index contributed by atoms with van der Waals surface area (Å²) in [5, 5.41) is 17.4. The van der Waals surface area contributed by atoms with E-state index in [2.05, 4.69) is 0 Å². The van der Waals surface area contributed by atoms with Crippen molar-refractivity contribution in [3.05, 3.63) is 0 Å². The lowest BCUT2D eigenvalue weighted by molar-refractivity contribution is -0.144. The minimum absolute atomic E-state index is 0.101. The fraction of sp³-hybridized carbons (Fsp3) is 0.800. The Morgan fingerprint density at radius 3 is 2.00 bits per heavy atom. The molecule has 0 aliphatic carbocycles. The minimum atomic E-state index is -0.923. The molecule has 5 heteroatoms. The second-order valence-electron chi connectivity index (χ2n) is 4.22. The van der Waals surface area contributed by atoms with Crippen LogP contribution >= 0.6 is 0 Å². The van der Waals surface area contributed by atoms with Crippen molar-refractivity contribution in [2.45, 2.75) is 20.8 Å². The van der Waals surface area contributed by atoms with Gasteiger partial charge in [0.2, 0.25) is 0 Å². The van der Waals surface area contributed by atoms with Gasteiger partial charge in [-0.1, -0.05) is 20.8 Å². The Kier molecular flexibility index (Phi) is 5.93. The van der Waals surface area contributed by atoms with Crippen LogP contribution in [0.5, 0.6) is 0 Å². The minimum Gasteiger partial charge on any atom is -0.481 e. The normalized spacial score (nSPS) is 13.1. The predicted molar refractivity (Wildman–Crippen MR) is 55.7 cm³/mol. The molecule has 0 aromatic carbocycles. The van der Waals surface area contributed by atoms with Gasteiger partial charge >= 0.3 is 11.9 Å². The molecule has 0 spiro atoms. The number of rotatable bonds is 7. The highest BCUT2D eigenvalue weighted by Gasteiger charge is 2.18. The van der Waals surface area contributed by atoms with Gasteiger partial charge in [-0.05, 0) is 5.92 Å². The molecule has 1 atom stereocenters. The van der Waals surface area contributed by atoms with Crippen LogP contribution in [0.25, 0.3) is 0 Å². The van der Waals surface area contributed by atoms with Crippen LogP contribution in [-0.4, -0.2) is 46.7 Å². The van der Waals surface area contributed by atoms with E-state index in [1.54, 1.807) is 11.8 Å². The van der Waals surface area contributed by atoms with E-state index in [4.69, 9.17) is 10.2 Å². The number of carbonyl (C=O) groups is 2. The molecule has 0 aliphatic rings. The third-order valence-corrected chi connectivity index (χ3v) is 1.94. The maximum atomic E-state index is 10.6. The van der Waals surface area contributed by atoms with Gasteiger partial charge in [-0.2, -0.15) is 0 Å². The molecule has 0 saturated carbocycles. The standard InChI is InChI=1S/C10H19NO4/c1-7(2)4-11(6-9(12)13)5-8(3)10(14)15/h7-8H,4-6H2,1-3H3,(H,12,13)(H,14,15). The van der Waals surface area contributed by atoms with Gasteiger partial charge in [0.25, 0.3) is 0 Å². The smallest absolute Gasteiger partial charge is 0.317 e. The zero-order valence-corrected chi connectivity index (χ0v) is 9.43. The van der Waals surface area contributed by atoms with Crippen LogP contribution in [0.2, 0.25) is 0 Å². The lowest BCUT2D eigenvalue weighted by atomic mass is 10.1. The highest BCUT2D eigenvalue weighted by atomic mass is 16.4. The Morgan fingerprint density at radius 2 is 1.67 bits per heavy atom. The van der Waals surface area contributed by atoms with Crippen LogP contribution < -0.4 is 0 Å². The van der Waals surface area contributed by atoms with Gasteiger partial charge in [-0.3, -0.25) is 14.5 Å². The molecule has 0 aromatic rings. The number of nitrogens with zero attached hydrogens (tertiary/aromatic N) is 1. The fourth-order valence-corrected chi connectivity index (χ4v) is 1.38. The van der Waals surface area contributed by atoms with Crippen LogP contribution in [-0.2, 0) is 9.59 Å². The highest BCUT2D eigenvalue weighted by molar-refractivity contribution is 5.71. The van der Waals surface area contributed by atoms with Gasteiger partial charge in [-0.25, -0.2) is 0 Å². The average Bonchev–Trinajstić information content (AvgIpc) is 2.00. The van der Waals surface area contributed by atoms with Gasteiger partial charge < -0.3 is 10.2 Å². The average molecular weight is 217 g/mol. The van der Waals surface area contributed by atoms with E-state index in [9.17, 15) is 9.59 Å². The van der Waals surface area contributed by atoms with Crippen molar-refractivity contribution in [3.8, 4) is 0 Å². The Balaban J connectivity index is 4.23. The first-order valence-electron chi connectivity index (χ1n) is 4.99. The van der Waals surface area contributed by atoms with Crippen LogP contribution in [0.3, 0.4) is 0 Å². The quantitative estimate of drug-likeness (QED) is 0.658. The maximum Gasteiger partial charge on any atom is 0.317 e. The molecule has 0 fully saturated rings. The van der Waals surface area contributed by atoms with Crippen molar-refractivity contribution < 1.29 is 19.8 Å². The van der Waals surface area contributed by atoms with E-state index in [1.165, 1.54) is 0 Å². The SMILES string of the molecule is CC(C)CN(CC(=O)O)CC(C)C(=O)O. The van der Waals surface area contributed by atoms with Crippen molar-refractivity contribution in [3.63, 3.8) is 0 Å². The molecule has 0 radical (unpaired) electrons. The molecule has 0 rings (SSSR count).